The molecule has 0 spiro atoms. The highest BCUT2D eigenvalue weighted by Crippen LogP contribution is 2.38. The SMILES string of the molecule is CC=C(C)c1ccc2c3c(oc2c1)C=CCC3C. The molecule has 1 aliphatic rings. The van der Waals surface area contributed by atoms with Crippen molar-refractivity contribution in [2.45, 2.75) is 33.1 Å². The van der Waals surface area contributed by atoms with Gasteiger partial charge in [-0.3, -0.25) is 0 Å². The van der Waals surface area contributed by atoms with E-state index in [9.17, 15) is 0 Å². The van der Waals surface area contributed by atoms with E-state index in [4.69, 9.17) is 4.42 Å². The zero-order valence-electron chi connectivity index (χ0n) is 11.2. The van der Waals surface area contributed by atoms with Crippen molar-refractivity contribution < 1.29 is 4.42 Å². The van der Waals surface area contributed by atoms with Crippen molar-refractivity contribution in [3.05, 3.63) is 47.2 Å². The van der Waals surface area contributed by atoms with Gasteiger partial charge in [-0.15, -0.1) is 0 Å². The summed E-state index contributed by atoms with van der Waals surface area (Å²) in [6, 6.07) is 6.55. The fourth-order valence-electron chi connectivity index (χ4n) is 2.68. The molecule has 1 heterocycles. The Labute approximate surface area is 108 Å². The minimum absolute atomic E-state index is 0.555. The maximum absolute atomic E-state index is 5.98. The number of rotatable bonds is 1. The third-order valence-electron chi connectivity index (χ3n) is 3.90. The second-order valence-corrected chi connectivity index (χ2v) is 5.10. The second-order valence-electron chi connectivity index (χ2n) is 5.10. The summed E-state index contributed by atoms with van der Waals surface area (Å²) >= 11 is 0. The van der Waals surface area contributed by atoms with E-state index in [0.717, 1.165) is 17.8 Å². The molecule has 1 aliphatic carbocycles. The van der Waals surface area contributed by atoms with Crippen molar-refractivity contribution in [1.82, 2.24) is 0 Å². The topological polar surface area (TPSA) is 13.1 Å². The van der Waals surface area contributed by atoms with Gasteiger partial charge in [-0.05, 0) is 49.5 Å². The zero-order chi connectivity index (χ0) is 12.7. The van der Waals surface area contributed by atoms with E-state index in [0.29, 0.717) is 5.92 Å². The third-order valence-corrected chi connectivity index (χ3v) is 3.90. The quantitative estimate of drug-likeness (QED) is 0.650. The Morgan fingerprint density at radius 3 is 3.00 bits per heavy atom. The first-order valence-electron chi connectivity index (χ1n) is 6.57. The molecule has 3 rings (SSSR count). The summed E-state index contributed by atoms with van der Waals surface area (Å²) in [7, 11) is 0. The monoisotopic (exact) mass is 238 g/mol. The first-order valence-corrected chi connectivity index (χ1v) is 6.57. The van der Waals surface area contributed by atoms with Gasteiger partial charge in [0.05, 0.1) is 0 Å². The van der Waals surface area contributed by atoms with Crippen LogP contribution >= 0.6 is 0 Å². The van der Waals surface area contributed by atoms with Gasteiger partial charge in [-0.1, -0.05) is 31.2 Å². The molecule has 0 aliphatic heterocycles. The van der Waals surface area contributed by atoms with E-state index in [-0.39, 0.29) is 0 Å². The summed E-state index contributed by atoms with van der Waals surface area (Å²) in [5.41, 5.74) is 4.91. The summed E-state index contributed by atoms with van der Waals surface area (Å²) < 4.78 is 5.98. The molecule has 1 aromatic heterocycles. The van der Waals surface area contributed by atoms with Crippen molar-refractivity contribution in [2.24, 2.45) is 0 Å². The van der Waals surface area contributed by atoms with Crippen LogP contribution in [0.3, 0.4) is 0 Å². The molecule has 0 saturated carbocycles. The fraction of sp³-hybridized carbons (Fsp3) is 0.294. The molecule has 92 valence electrons. The van der Waals surface area contributed by atoms with Gasteiger partial charge in [0.15, 0.2) is 0 Å². The Morgan fingerprint density at radius 2 is 2.22 bits per heavy atom. The maximum atomic E-state index is 5.98. The molecule has 0 saturated heterocycles. The van der Waals surface area contributed by atoms with Crippen LogP contribution in [0.2, 0.25) is 0 Å². The van der Waals surface area contributed by atoms with Crippen molar-refractivity contribution in [3.63, 3.8) is 0 Å². The van der Waals surface area contributed by atoms with Crippen LogP contribution in [0.5, 0.6) is 0 Å². The van der Waals surface area contributed by atoms with Crippen molar-refractivity contribution >= 4 is 22.6 Å². The molecular weight excluding hydrogens is 220 g/mol. The van der Waals surface area contributed by atoms with E-state index in [2.05, 4.69) is 57.2 Å². The van der Waals surface area contributed by atoms with E-state index >= 15 is 0 Å². The van der Waals surface area contributed by atoms with Crippen molar-refractivity contribution in [2.75, 3.05) is 0 Å². The van der Waals surface area contributed by atoms with Gasteiger partial charge in [0.1, 0.15) is 11.3 Å². The van der Waals surface area contributed by atoms with Crippen LogP contribution in [0, 0.1) is 0 Å². The highest BCUT2D eigenvalue weighted by molar-refractivity contribution is 5.88. The number of fused-ring (bicyclic) bond motifs is 3. The lowest BCUT2D eigenvalue weighted by atomic mass is 9.90. The molecule has 2 aromatic rings. The summed E-state index contributed by atoms with van der Waals surface area (Å²) in [6.45, 7) is 6.46. The van der Waals surface area contributed by atoms with Crippen LogP contribution in [-0.4, -0.2) is 0 Å². The predicted octanol–water partition coefficient (Wildman–Crippen LogP) is 5.38. The fourth-order valence-corrected chi connectivity index (χ4v) is 2.68. The van der Waals surface area contributed by atoms with E-state index in [1.807, 2.05) is 0 Å². The summed E-state index contributed by atoms with van der Waals surface area (Å²) in [6.07, 6.45) is 7.55. The Bertz CT molecular complexity index is 656. The van der Waals surface area contributed by atoms with Crippen LogP contribution in [0.25, 0.3) is 22.6 Å². The summed E-state index contributed by atoms with van der Waals surface area (Å²) in [5.74, 6) is 1.60. The molecule has 0 radical (unpaired) electrons. The number of hydrogen-bond donors (Lipinski definition) is 0. The Kier molecular flexibility index (Phi) is 2.62. The lowest BCUT2D eigenvalue weighted by Crippen LogP contribution is -1.96. The van der Waals surface area contributed by atoms with Crippen molar-refractivity contribution in [3.8, 4) is 0 Å². The van der Waals surface area contributed by atoms with Crippen LogP contribution in [0.15, 0.2) is 34.8 Å². The zero-order valence-corrected chi connectivity index (χ0v) is 11.2. The van der Waals surface area contributed by atoms with Gasteiger partial charge in [0, 0.05) is 10.9 Å². The Balaban J connectivity index is 2.24. The normalized spacial score (nSPS) is 19.3. The van der Waals surface area contributed by atoms with Gasteiger partial charge in [-0.2, -0.15) is 0 Å². The van der Waals surface area contributed by atoms with Crippen molar-refractivity contribution in [1.29, 1.82) is 0 Å². The van der Waals surface area contributed by atoms with Crippen LogP contribution in [0.1, 0.15) is 50.0 Å². The van der Waals surface area contributed by atoms with Gasteiger partial charge in [0.2, 0.25) is 0 Å². The first-order chi connectivity index (χ1) is 8.70. The largest absolute Gasteiger partial charge is 0.456 e. The van der Waals surface area contributed by atoms with Gasteiger partial charge in [0.25, 0.3) is 0 Å². The molecule has 1 nitrogen and oxygen atoms in total. The van der Waals surface area contributed by atoms with E-state index in [1.165, 1.54) is 22.1 Å². The average molecular weight is 238 g/mol. The molecular formula is C17H18O. The number of allylic oxidation sites excluding steroid dienone is 3. The summed E-state index contributed by atoms with van der Waals surface area (Å²) in [4.78, 5) is 0. The number of hydrogen-bond acceptors (Lipinski definition) is 1. The highest BCUT2D eigenvalue weighted by Gasteiger charge is 2.20. The average Bonchev–Trinajstić information content (AvgIpc) is 2.76. The lowest BCUT2D eigenvalue weighted by Gasteiger charge is -2.12. The molecule has 18 heavy (non-hydrogen) atoms. The van der Waals surface area contributed by atoms with E-state index < -0.39 is 0 Å². The Hall–Kier alpha value is -1.76. The molecule has 0 fully saturated rings. The van der Waals surface area contributed by atoms with Crippen LogP contribution in [0.4, 0.5) is 0 Å². The smallest absolute Gasteiger partial charge is 0.135 e. The lowest BCUT2D eigenvalue weighted by molar-refractivity contribution is 0.586. The molecule has 1 unspecified atom stereocenters. The number of furan rings is 1. The third kappa shape index (κ3) is 1.62. The molecule has 1 atom stereocenters. The molecule has 0 N–H and O–H groups in total. The predicted molar refractivity (Wildman–Crippen MR) is 77.6 cm³/mol. The van der Waals surface area contributed by atoms with E-state index in [1.54, 1.807) is 0 Å². The summed E-state index contributed by atoms with van der Waals surface area (Å²) in [5, 5.41) is 1.27. The molecule has 0 bridgehead atoms. The maximum Gasteiger partial charge on any atom is 0.135 e. The highest BCUT2D eigenvalue weighted by atomic mass is 16.3. The minimum atomic E-state index is 0.555. The van der Waals surface area contributed by atoms with Crippen LogP contribution < -0.4 is 0 Å². The minimum Gasteiger partial charge on any atom is -0.456 e. The Morgan fingerprint density at radius 1 is 1.39 bits per heavy atom. The van der Waals surface area contributed by atoms with Crippen LogP contribution in [-0.2, 0) is 0 Å². The number of benzene rings is 1. The van der Waals surface area contributed by atoms with Gasteiger partial charge < -0.3 is 4.42 Å². The van der Waals surface area contributed by atoms with Gasteiger partial charge >= 0.3 is 0 Å². The van der Waals surface area contributed by atoms with Gasteiger partial charge in [-0.25, -0.2) is 0 Å². The molecule has 1 aromatic carbocycles. The standard InChI is InChI=1S/C17H18O/c1-4-11(2)13-8-9-14-16(10-13)18-15-7-5-6-12(3)17(14)15/h4-5,7-10,12H,6H2,1-3H3. The molecule has 0 amide bonds. The second kappa shape index (κ2) is 4.16. The molecule has 1 heteroatoms. The first kappa shape index (κ1) is 11.3.